The molecule has 0 aliphatic carbocycles. The van der Waals surface area contributed by atoms with E-state index >= 15 is 0 Å². The fraction of sp³-hybridized carbons (Fsp3) is 0.250. The fourth-order valence-corrected chi connectivity index (χ4v) is 2.39. The number of benzene rings is 2. The fourth-order valence-electron chi connectivity index (χ4n) is 2.39. The van der Waals surface area contributed by atoms with Crippen LogP contribution < -0.4 is 0 Å². The van der Waals surface area contributed by atoms with E-state index in [0.29, 0.717) is 6.42 Å². The molecule has 2 aromatic carbocycles. The maximum absolute atomic E-state index is 11.9. The van der Waals surface area contributed by atoms with Gasteiger partial charge in [0.25, 0.3) is 0 Å². The summed E-state index contributed by atoms with van der Waals surface area (Å²) < 4.78 is 0. The predicted molar refractivity (Wildman–Crippen MR) is 89.2 cm³/mol. The van der Waals surface area contributed by atoms with Gasteiger partial charge in [-0.05, 0) is 11.1 Å². The molecule has 2 rings (SSSR count). The first-order valence-electron chi connectivity index (χ1n) is 7.76. The average molecular weight is 308 g/mol. The van der Waals surface area contributed by atoms with Crippen LogP contribution in [0.15, 0.2) is 60.7 Å². The molecule has 0 fully saturated rings. The van der Waals surface area contributed by atoms with Crippen molar-refractivity contribution in [1.82, 2.24) is 0 Å². The lowest BCUT2D eigenvalue weighted by Crippen LogP contribution is -2.12. The molecule has 0 bridgehead atoms. The highest BCUT2D eigenvalue weighted by Gasteiger charge is 2.12. The predicted octanol–water partition coefficient (Wildman–Crippen LogP) is 3.35. The van der Waals surface area contributed by atoms with E-state index in [1.54, 1.807) is 0 Å². The zero-order chi connectivity index (χ0) is 16.5. The summed E-state index contributed by atoms with van der Waals surface area (Å²) in [5, 5.41) is 0. The second kappa shape index (κ2) is 8.79. The van der Waals surface area contributed by atoms with Gasteiger partial charge in [0.05, 0.1) is 6.42 Å². The van der Waals surface area contributed by atoms with E-state index in [1.165, 1.54) is 0 Å². The molecule has 118 valence electrons. The number of Topliss-reactive ketones (excluding diaryl/α,β-unsaturated/α-hetero) is 3. The highest BCUT2D eigenvalue weighted by Crippen LogP contribution is 2.07. The summed E-state index contributed by atoms with van der Waals surface area (Å²) in [6, 6.07) is 18.8. The largest absolute Gasteiger partial charge is 0.299 e. The van der Waals surface area contributed by atoms with Crippen LogP contribution in [-0.4, -0.2) is 17.3 Å². The molecule has 0 unspecified atom stereocenters. The van der Waals surface area contributed by atoms with Crippen molar-refractivity contribution in [3.8, 4) is 0 Å². The Hall–Kier alpha value is -2.55. The van der Waals surface area contributed by atoms with Gasteiger partial charge in [0.2, 0.25) is 0 Å². The van der Waals surface area contributed by atoms with Gasteiger partial charge in [-0.25, -0.2) is 0 Å². The summed E-state index contributed by atoms with van der Waals surface area (Å²) in [7, 11) is 0. The van der Waals surface area contributed by atoms with Gasteiger partial charge in [-0.2, -0.15) is 0 Å². The summed E-state index contributed by atoms with van der Waals surface area (Å²) >= 11 is 0. The van der Waals surface area contributed by atoms with Gasteiger partial charge >= 0.3 is 0 Å². The van der Waals surface area contributed by atoms with Crippen LogP contribution in [0.4, 0.5) is 0 Å². The van der Waals surface area contributed by atoms with Crippen molar-refractivity contribution in [2.24, 2.45) is 0 Å². The number of rotatable bonds is 9. The van der Waals surface area contributed by atoms with E-state index in [-0.39, 0.29) is 43.0 Å². The van der Waals surface area contributed by atoms with Crippen molar-refractivity contribution < 1.29 is 14.4 Å². The second-order valence-corrected chi connectivity index (χ2v) is 5.62. The lowest BCUT2D eigenvalue weighted by Gasteiger charge is -2.02. The van der Waals surface area contributed by atoms with Gasteiger partial charge in [-0.1, -0.05) is 60.7 Å². The zero-order valence-electron chi connectivity index (χ0n) is 13.0. The van der Waals surface area contributed by atoms with E-state index in [0.717, 1.165) is 11.1 Å². The molecular weight excluding hydrogens is 288 g/mol. The zero-order valence-corrected chi connectivity index (χ0v) is 13.0. The molecule has 0 saturated heterocycles. The third kappa shape index (κ3) is 6.39. The molecule has 0 heterocycles. The van der Waals surface area contributed by atoms with Crippen molar-refractivity contribution in [2.75, 3.05) is 0 Å². The summed E-state index contributed by atoms with van der Waals surface area (Å²) in [5.41, 5.74) is 1.86. The minimum atomic E-state index is -0.160. The third-order valence-electron chi connectivity index (χ3n) is 3.57. The lowest BCUT2D eigenvalue weighted by atomic mass is 10.0. The Labute approximate surface area is 136 Å². The number of carbonyl (C=O) groups excluding carboxylic acids is 3. The van der Waals surface area contributed by atoms with Crippen LogP contribution in [0.2, 0.25) is 0 Å². The van der Waals surface area contributed by atoms with Crippen LogP contribution in [0.3, 0.4) is 0 Å². The van der Waals surface area contributed by atoms with Gasteiger partial charge < -0.3 is 0 Å². The highest BCUT2D eigenvalue weighted by molar-refractivity contribution is 6.01. The minimum absolute atomic E-state index is 0.0278. The molecule has 0 aliphatic rings. The van der Waals surface area contributed by atoms with Crippen molar-refractivity contribution in [1.29, 1.82) is 0 Å². The third-order valence-corrected chi connectivity index (χ3v) is 3.57. The van der Waals surface area contributed by atoms with Gasteiger partial charge in [0.15, 0.2) is 0 Å². The summed E-state index contributed by atoms with van der Waals surface area (Å²) in [6.07, 6.45) is 0.864. The van der Waals surface area contributed by atoms with Crippen molar-refractivity contribution in [2.45, 2.75) is 32.1 Å². The Bertz CT molecular complexity index is 660. The van der Waals surface area contributed by atoms with Crippen LogP contribution in [0.25, 0.3) is 0 Å². The lowest BCUT2D eigenvalue weighted by molar-refractivity contribution is -0.128. The Kier molecular flexibility index (Phi) is 6.42. The highest BCUT2D eigenvalue weighted by atomic mass is 16.1. The molecule has 0 amide bonds. The maximum Gasteiger partial charge on any atom is 0.144 e. The van der Waals surface area contributed by atoms with Crippen molar-refractivity contribution >= 4 is 17.3 Å². The Balaban J connectivity index is 1.70. The SMILES string of the molecule is O=C(CCC(=O)Cc1ccccc1)CC(=O)Cc1ccccc1. The number of carbonyl (C=O) groups is 3. The number of ketones is 3. The topological polar surface area (TPSA) is 51.2 Å². The van der Waals surface area contributed by atoms with E-state index in [2.05, 4.69) is 0 Å². The quantitative estimate of drug-likeness (QED) is 0.668. The Morgan fingerprint density at radius 3 is 1.52 bits per heavy atom. The van der Waals surface area contributed by atoms with Gasteiger partial charge in [0.1, 0.15) is 17.3 Å². The molecule has 0 aromatic heterocycles. The van der Waals surface area contributed by atoms with Crippen LogP contribution in [-0.2, 0) is 27.2 Å². The van der Waals surface area contributed by atoms with Gasteiger partial charge in [-0.15, -0.1) is 0 Å². The number of hydrogen-bond donors (Lipinski definition) is 0. The molecule has 2 aromatic rings. The second-order valence-electron chi connectivity index (χ2n) is 5.62. The number of hydrogen-bond acceptors (Lipinski definition) is 3. The molecule has 3 nitrogen and oxygen atoms in total. The molecular formula is C20H20O3. The maximum atomic E-state index is 11.9. The molecule has 0 N–H and O–H groups in total. The average Bonchev–Trinajstić information content (AvgIpc) is 2.55. The van der Waals surface area contributed by atoms with Crippen LogP contribution in [0.1, 0.15) is 30.4 Å². The van der Waals surface area contributed by atoms with Gasteiger partial charge in [0, 0.05) is 25.7 Å². The molecule has 0 aliphatic heterocycles. The summed E-state index contributed by atoms with van der Waals surface area (Å²) in [6.45, 7) is 0. The first kappa shape index (κ1) is 16.8. The van der Waals surface area contributed by atoms with Crippen LogP contribution >= 0.6 is 0 Å². The van der Waals surface area contributed by atoms with Crippen molar-refractivity contribution in [3.05, 3.63) is 71.8 Å². The smallest absolute Gasteiger partial charge is 0.144 e. The van der Waals surface area contributed by atoms with E-state index < -0.39 is 0 Å². The first-order chi connectivity index (χ1) is 11.1. The van der Waals surface area contributed by atoms with Crippen LogP contribution in [0.5, 0.6) is 0 Å². The Morgan fingerprint density at radius 2 is 1.00 bits per heavy atom. The molecule has 0 atom stereocenters. The minimum Gasteiger partial charge on any atom is -0.299 e. The van der Waals surface area contributed by atoms with Crippen LogP contribution in [0, 0.1) is 0 Å². The standard InChI is InChI=1S/C20H20O3/c21-18(13-16-7-3-1-4-8-16)11-12-19(22)15-20(23)14-17-9-5-2-6-10-17/h1-10H,11-15H2. The molecule has 0 spiro atoms. The summed E-state index contributed by atoms with van der Waals surface area (Å²) in [4.78, 5) is 35.5. The molecule has 0 radical (unpaired) electrons. The molecule has 3 heteroatoms. The van der Waals surface area contributed by atoms with E-state index in [1.807, 2.05) is 60.7 Å². The first-order valence-corrected chi connectivity index (χ1v) is 7.76. The Morgan fingerprint density at radius 1 is 0.565 bits per heavy atom. The van der Waals surface area contributed by atoms with E-state index in [9.17, 15) is 14.4 Å². The van der Waals surface area contributed by atoms with E-state index in [4.69, 9.17) is 0 Å². The molecule has 23 heavy (non-hydrogen) atoms. The monoisotopic (exact) mass is 308 g/mol. The summed E-state index contributed by atoms with van der Waals surface area (Å²) in [5.74, 6) is -0.232. The van der Waals surface area contributed by atoms with Crippen molar-refractivity contribution in [3.63, 3.8) is 0 Å². The normalized spacial score (nSPS) is 10.3. The van der Waals surface area contributed by atoms with Gasteiger partial charge in [-0.3, -0.25) is 14.4 Å². The molecule has 0 saturated carbocycles.